The topological polar surface area (TPSA) is 79.5 Å². The van der Waals surface area contributed by atoms with Crippen LogP contribution in [-0.4, -0.2) is 32.1 Å². The van der Waals surface area contributed by atoms with E-state index in [1.165, 1.54) is 0 Å². The zero-order chi connectivity index (χ0) is 19.1. The largest absolute Gasteiger partial charge is 0.497 e. The standard InChI is InChI=1S/C21H21N3O3/c1-27-19-8-4-7-17(14-19)20(25)22-11-12-23-21(26)24-18-10-9-15-5-2-3-6-16(15)13-18/h2-10,13-14H,11-12H2,1H3,(H,22,25)(H2,23,24,26). The van der Waals surface area contributed by atoms with Gasteiger partial charge < -0.3 is 20.7 Å². The lowest BCUT2D eigenvalue weighted by molar-refractivity contribution is 0.0953. The number of fused-ring (bicyclic) bond motifs is 1. The molecule has 3 N–H and O–H groups in total. The van der Waals surface area contributed by atoms with Crippen molar-refractivity contribution in [3.05, 3.63) is 72.3 Å². The van der Waals surface area contributed by atoms with Crippen molar-refractivity contribution in [2.45, 2.75) is 0 Å². The molecular weight excluding hydrogens is 342 g/mol. The molecule has 0 atom stereocenters. The molecule has 0 unspecified atom stereocenters. The van der Waals surface area contributed by atoms with Crippen molar-refractivity contribution < 1.29 is 14.3 Å². The number of ether oxygens (including phenoxy) is 1. The molecule has 3 aromatic carbocycles. The molecule has 0 bridgehead atoms. The second-order valence-corrected chi connectivity index (χ2v) is 5.93. The molecule has 0 radical (unpaired) electrons. The third-order valence-electron chi connectivity index (χ3n) is 4.04. The summed E-state index contributed by atoms with van der Waals surface area (Å²) < 4.78 is 5.10. The van der Waals surface area contributed by atoms with E-state index in [0.717, 1.165) is 10.8 Å². The minimum absolute atomic E-state index is 0.217. The van der Waals surface area contributed by atoms with Crippen molar-refractivity contribution in [3.63, 3.8) is 0 Å². The fourth-order valence-corrected chi connectivity index (χ4v) is 2.66. The summed E-state index contributed by atoms with van der Waals surface area (Å²) in [6.45, 7) is 0.635. The molecule has 0 fully saturated rings. The van der Waals surface area contributed by atoms with Crippen molar-refractivity contribution in [2.75, 3.05) is 25.5 Å². The van der Waals surface area contributed by atoms with Gasteiger partial charge in [-0.1, -0.05) is 36.4 Å². The van der Waals surface area contributed by atoms with Crippen molar-refractivity contribution in [1.82, 2.24) is 10.6 Å². The van der Waals surface area contributed by atoms with Gasteiger partial charge in [0.25, 0.3) is 5.91 Å². The number of carbonyl (C=O) groups excluding carboxylic acids is 2. The number of hydrogen-bond donors (Lipinski definition) is 3. The molecule has 0 aliphatic heterocycles. The van der Waals surface area contributed by atoms with Gasteiger partial charge in [-0.2, -0.15) is 0 Å². The van der Waals surface area contributed by atoms with Crippen LogP contribution in [-0.2, 0) is 0 Å². The molecule has 3 amide bonds. The predicted molar refractivity (Wildman–Crippen MR) is 106 cm³/mol. The highest BCUT2D eigenvalue weighted by Gasteiger charge is 2.06. The van der Waals surface area contributed by atoms with Gasteiger partial charge in [0.1, 0.15) is 5.75 Å². The lowest BCUT2D eigenvalue weighted by Gasteiger charge is -2.10. The van der Waals surface area contributed by atoms with E-state index >= 15 is 0 Å². The Hall–Kier alpha value is -3.54. The monoisotopic (exact) mass is 363 g/mol. The van der Waals surface area contributed by atoms with E-state index in [0.29, 0.717) is 30.1 Å². The highest BCUT2D eigenvalue weighted by atomic mass is 16.5. The quantitative estimate of drug-likeness (QED) is 0.587. The van der Waals surface area contributed by atoms with E-state index in [9.17, 15) is 9.59 Å². The minimum Gasteiger partial charge on any atom is -0.497 e. The molecule has 27 heavy (non-hydrogen) atoms. The lowest BCUT2D eigenvalue weighted by atomic mass is 10.1. The Morgan fingerprint density at radius 2 is 1.63 bits per heavy atom. The van der Waals surface area contributed by atoms with Crippen molar-refractivity contribution >= 4 is 28.4 Å². The van der Waals surface area contributed by atoms with E-state index < -0.39 is 0 Å². The Bertz CT molecular complexity index is 956. The Labute approximate surface area is 157 Å². The third-order valence-corrected chi connectivity index (χ3v) is 4.04. The minimum atomic E-state index is -0.319. The summed E-state index contributed by atoms with van der Waals surface area (Å²) in [6.07, 6.45) is 0. The Balaban J connectivity index is 1.44. The van der Waals surface area contributed by atoms with Gasteiger partial charge in [0.2, 0.25) is 0 Å². The number of amides is 3. The van der Waals surface area contributed by atoms with Gasteiger partial charge in [-0.15, -0.1) is 0 Å². The van der Waals surface area contributed by atoms with Crippen LogP contribution in [0.2, 0.25) is 0 Å². The maximum absolute atomic E-state index is 12.1. The Morgan fingerprint density at radius 3 is 2.44 bits per heavy atom. The van der Waals surface area contributed by atoms with Crippen LogP contribution in [0.4, 0.5) is 10.5 Å². The first kappa shape index (κ1) is 18.3. The van der Waals surface area contributed by atoms with E-state index in [4.69, 9.17) is 4.74 Å². The molecule has 6 nitrogen and oxygen atoms in total. The summed E-state index contributed by atoms with van der Waals surface area (Å²) in [5, 5.41) is 10.4. The molecule has 138 valence electrons. The zero-order valence-corrected chi connectivity index (χ0v) is 15.0. The number of anilines is 1. The van der Waals surface area contributed by atoms with E-state index in [1.807, 2.05) is 42.5 Å². The van der Waals surface area contributed by atoms with Crippen LogP contribution in [0.1, 0.15) is 10.4 Å². The average Bonchev–Trinajstić information content (AvgIpc) is 2.71. The van der Waals surface area contributed by atoms with Crippen LogP contribution in [0.5, 0.6) is 5.75 Å². The second kappa shape index (κ2) is 8.71. The summed E-state index contributed by atoms with van der Waals surface area (Å²) in [6, 6.07) is 20.2. The Kier molecular flexibility index (Phi) is 5.89. The summed E-state index contributed by atoms with van der Waals surface area (Å²) in [7, 11) is 1.55. The number of nitrogens with one attached hydrogen (secondary N) is 3. The van der Waals surface area contributed by atoms with Crippen LogP contribution < -0.4 is 20.7 Å². The fraction of sp³-hybridized carbons (Fsp3) is 0.143. The van der Waals surface area contributed by atoms with Gasteiger partial charge in [-0.05, 0) is 41.1 Å². The maximum atomic E-state index is 12.1. The molecule has 3 aromatic rings. The number of urea groups is 1. The first-order chi connectivity index (χ1) is 13.2. The maximum Gasteiger partial charge on any atom is 0.319 e. The van der Waals surface area contributed by atoms with Gasteiger partial charge in [0.15, 0.2) is 0 Å². The van der Waals surface area contributed by atoms with Crippen LogP contribution >= 0.6 is 0 Å². The smallest absolute Gasteiger partial charge is 0.319 e. The molecule has 0 aromatic heterocycles. The van der Waals surface area contributed by atoms with Crippen molar-refractivity contribution in [2.24, 2.45) is 0 Å². The van der Waals surface area contributed by atoms with Gasteiger partial charge >= 0.3 is 6.03 Å². The number of methoxy groups -OCH3 is 1. The first-order valence-corrected chi connectivity index (χ1v) is 8.61. The predicted octanol–water partition coefficient (Wildman–Crippen LogP) is 3.40. The van der Waals surface area contributed by atoms with Crippen LogP contribution in [0.25, 0.3) is 10.8 Å². The summed E-state index contributed by atoms with van der Waals surface area (Å²) in [5.74, 6) is 0.404. The third kappa shape index (κ3) is 4.98. The van der Waals surface area contributed by atoms with E-state index in [1.54, 1.807) is 31.4 Å². The SMILES string of the molecule is COc1cccc(C(=O)NCCNC(=O)Nc2ccc3ccccc3c2)c1. The molecule has 0 saturated heterocycles. The molecule has 0 aliphatic carbocycles. The van der Waals surface area contributed by atoms with E-state index in [-0.39, 0.29) is 11.9 Å². The number of rotatable bonds is 6. The average molecular weight is 363 g/mol. The van der Waals surface area contributed by atoms with Gasteiger partial charge in [0.05, 0.1) is 7.11 Å². The Morgan fingerprint density at radius 1 is 0.852 bits per heavy atom. The molecule has 0 aliphatic rings. The second-order valence-electron chi connectivity index (χ2n) is 5.93. The number of hydrogen-bond acceptors (Lipinski definition) is 3. The summed E-state index contributed by atoms with van der Waals surface area (Å²) in [5.41, 5.74) is 1.22. The fourth-order valence-electron chi connectivity index (χ4n) is 2.66. The number of benzene rings is 3. The van der Waals surface area contributed by atoms with E-state index in [2.05, 4.69) is 16.0 Å². The van der Waals surface area contributed by atoms with Crippen LogP contribution in [0.15, 0.2) is 66.7 Å². The normalized spacial score (nSPS) is 10.3. The molecule has 3 rings (SSSR count). The van der Waals surface area contributed by atoms with Crippen LogP contribution in [0, 0.1) is 0 Å². The molecule has 6 heteroatoms. The lowest BCUT2D eigenvalue weighted by Crippen LogP contribution is -2.36. The molecule has 0 saturated carbocycles. The van der Waals surface area contributed by atoms with Gasteiger partial charge in [0, 0.05) is 24.3 Å². The van der Waals surface area contributed by atoms with Crippen LogP contribution in [0.3, 0.4) is 0 Å². The van der Waals surface area contributed by atoms with Crippen molar-refractivity contribution in [1.29, 1.82) is 0 Å². The highest BCUT2D eigenvalue weighted by molar-refractivity contribution is 5.95. The molecular formula is C21H21N3O3. The highest BCUT2D eigenvalue weighted by Crippen LogP contribution is 2.18. The van der Waals surface area contributed by atoms with Gasteiger partial charge in [-0.25, -0.2) is 4.79 Å². The zero-order valence-electron chi connectivity index (χ0n) is 15.0. The first-order valence-electron chi connectivity index (χ1n) is 8.61. The van der Waals surface area contributed by atoms with Gasteiger partial charge in [-0.3, -0.25) is 4.79 Å². The van der Waals surface area contributed by atoms with Crippen molar-refractivity contribution in [3.8, 4) is 5.75 Å². The number of carbonyl (C=O) groups is 2. The summed E-state index contributed by atoms with van der Waals surface area (Å²) in [4.78, 5) is 24.1. The molecule has 0 spiro atoms. The molecule has 0 heterocycles. The summed E-state index contributed by atoms with van der Waals surface area (Å²) >= 11 is 0.